The predicted molar refractivity (Wildman–Crippen MR) is 89.8 cm³/mol. The number of amides is 1. The van der Waals surface area contributed by atoms with Crippen molar-refractivity contribution in [3.05, 3.63) is 47.8 Å². The highest BCUT2D eigenvalue weighted by atomic mass is 32.2. The van der Waals surface area contributed by atoms with Crippen molar-refractivity contribution < 1.29 is 22.0 Å². The third-order valence-electron chi connectivity index (χ3n) is 3.68. The number of rotatable bonds is 6. The first-order valence-corrected chi connectivity index (χ1v) is 9.07. The molecular weight excluding hydrogens is 352 g/mol. The Morgan fingerprint density at radius 3 is 2.20 bits per heavy atom. The quantitative estimate of drug-likeness (QED) is 0.848. The van der Waals surface area contributed by atoms with Crippen molar-refractivity contribution in [2.24, 2.45) is 7.05 Å². The van der Waals surface area contributed by atoms with Gasteiger partial charge in [-0.25, -0.2) is 17.2 Å². The number of nitrogens with zero attached hydrogens (tertiary/aromatic N) is 2. The lowest BCUT2D eigenvalue weighted by molar-refractivity contribution is 0.101. The van der Waals surface area contributed by atoms with Gasteiger partial charge in [-0.05, 0) is 18.2 Å². The summed E-state index contributed by atoms with van der Waals surface area (Å²) in [5, 5.41) is 2.35. The Balaban J connectivity index is 2.32. The Morgan fingerprint density at radius 1 is 1.12 bits per heavy atom. The molecule has 2 aromatic rings. The average molecular weight is 371 g/mol. The fourth-order valence-corrected chi connectivity index (χ4v) is 3.96. The van der Waals surface area contributed by atoms with Crippen LogP contribution in [0.25, 0.3) is 0 Å². The molecule has 6 nitrogen and oxygen atoms in total. The lowest BCUT2D eigenvalue weighted by Crippen LogP contribution is -2.30. The number of halogens is 2. The van der Waals surface area contributed by atoms with Gasteiger partial charge in [-0.15, -0.1) is 0 Å². The predicted octanol–water partition coefficient (Wildman–Crippen LogP) is 2.59. The van der Waals surface area contributed by atoms with Gasteiger partial charge in [0.2, 0.25) is 10.0 Å². The monoisotopic (exact) mass is 371 g/mol. The number of sulfonamides is 1. The van der Waals surface area contributed by atoms with E-state index in [1.807, 2.05) is 0 Å². The third-order valence-corrected chi connectivity index (χ3v) is 5.69. The van der Waals surface area contributed by atoms with Gasteiger partial charge in [0.25, 0.3) is 5.91 Å². The maximum atomic E-state index is 13.2. The molecule has 1 amide bonds. The van der Waals surface area contributed by atoms with E-state index in [9.17, 15) is 22.0 Å². The molecule has 0 fully saturated rings. The van der Waals surface area contributed by atoms with Crippen LogP contribution in [-0.4, -0.2) is 36.3 Å². The van der Waals surface area contributed by atoms with Crippen molar-refractivity contribution >= 4 is 21.6 Å². The van der Waals surface area contributed by atoms with Crippen molar-refractivity contribution in [3.63, 3.8) is 0 Å². The van der Waals surface area contributed by atoms with Crippen LogP contribution < -0.4 is 5.32 Å². The van der Waals surface area contributed by atoms with Crippen molar-refractivity contribution in [1.82, 2.24) is 8.87 Å². The zero-order chi connectivity index (χ0) is 18.8. The smallest absolute Gasteiger partial charge is 0.272 e. The Kier molecular flexibility index (Phi) is 5.58. The maximum Gasteiger partial charge on any atom is 0.272 e. The number of aryl methyl sites for hydroxylation is 1. The minimum absolute atomic E-state index is 0.0192. The largest absolute Gasteiger partial charge is 0.345 e. The summed E-state index contributed by atoms with van der Waals surface area (Å²) in [7, 11) is -2.19. The summed E-state index contributed by atoms with van der Waals surface area (Å²) < 4.78 is 54.1. The molecule has 0 spiro atoms. The van der Waals surface area contributed by atoms with Crippen LogP contribution in [0.3, 0.4) is 0 Å². The minimum atomic E-state index is -3.71. The first-order chi connectivity index (χ1) is 11.7. The van der Waals surface area contributed by atoms with E-state index in [2.05, 4.69) is 5.32 Å². The molecule has 2 rings (SSSR count). The molecule has 0 saturated heterocycles. The molecular formula is C16H19F2N3O3S. The molecule has 0 saturated carbocycles. The zero-order valence-electron chi connectivity index (χ0n) is 14.1. The molecule has 1 N–H and O–H groups in total. The minimum Gasteiger partial charge on any atom is -0.345 e. The van der Waals surface area contributed by atoms with E-state index in [4.69, 9.17) is 0 Å². The summed E-state index contributed by atoms with van der Waals surface area (Å²) in [5.41, 5.74) is -0.00718. The highest BCUT2D eigenvalue weighted by molar-refractivity contribution is 7.89. The number of carbonyl (C=O) groups is 1. The van der Waals surface area contributed by atoms with E-state index in [1.54, 1.807) is 13.8 Å². The van der Waals surface area contributed by atoms with E-state index in [-0.39, 0.29) is 16.3 Å². The zero-order valence-corrected chi connectivity index (χ0v) is 14.9. The number of hydrogen-bond donors (Lipinski definition) is 1. The summed E-state index contributed by atoms with van der Waals surface area (Å²) in [4.78, 5) is 12.3. The summed E-state index contributed by atoms with van der Waals surface area (Å²) in [6.07, 6.45) is 1.33. The van der Waals surface area contributed by atoms with E-state index in [0.717, 1.165) is 12.1 Å². The lowest BCUT2D eigenvalue weighted by Gasteiger charge is -2.17. The van der Waals surface area contributed by atoms with Gasteiger partial charge in [0, 0.05) is 38.1 Å². The van der Waals surface area contributed by atoms with Crippen LogP contribution >= 0.6 is 0 Å². The van der Waals surface area contributed by atoms with Crippen LogP contribution in [0.5, 0.6) is 0 Å². The fourth-order valence-electron chi connectivity index (χ4n) is 2.43. The van der Waals surface area contributed by atoms with Crippen LogP contribution in [-0.2, 0) is 17.1 Å². The number of hydrogen-bond acceptors (Lipinski definition) is 3. The lowest BCUT2D eigenvalue weighted by atomic mass is 10.3. The van der Waals surface area contributed by atoms with Crippen LogP contribution in [0.4, 0.5) is 14.5 Å². The van der Waals surface area contributed by atoms with E-state index >= 15 is 0 Å². The van der Waals surface area contributed by atoms with Gasteiger partial charge in [-0.2, -0.15) is 4.31 Å². The Hall–Kier alpha value is -2.26. The normalized spacial score (nSPS) is 11.8. The van der Waals surface area contributed by atoms with Crippen LogP contribution in [0, 0.1) is 11.6 Å². The molecule has 0 bridgehead atoms. The first kappa shape index (κ1) is 19.1. The Morgan fingerprint density at radius 2 is 1.68 bits per heavy atom. The van der Waals surface area contributed by atoms with E-state index in [0.29, 0.717) is 19.2 Å². The summed E-state index contributed by atoms with van der Waals surface area (Å²) in [6, 6.07) is 3.86. The van der Waals surface area contributed by atoms with Gasteiger partial charge < -0.3 is 9.88 Å². The van der Waals surface area contributed by atoms with Crippen LogP contribution in [0.15, 0.2) is 35.4 Å². The van der Waals surface area contributed by atoms with Gasteiger partial charge in [0.1, 0.15) is 22.2 Å². The molecule has 0 aliphatic heterocycles. The maximum absolute atomic E-state index is 13.2. The van der Waals surface area contributed by atoms with Gasteiger partial charge in [-0.1, -0.05) is 13.8 Å². The molecule has 9 heteroatoms. The second-order valence-electron chi connectivity index (χ2n) is 5.37. The van der Waals surface area contributed by atoms with E-state index < -0.39 is 27.6 Å². The van der Waals surface area contributed by atoms with E-state index in [1.165, 1.54) is 28.2 Å². The van der Waals surface area contributed by atoms with Crippen molar-refractivity contribution in [3.8, 4) is 0 Å². The highest BCUT2D eigenvalue weighted by Crippen LogP contribution is 2.20. The van der Waals surface area contributed by atoms with Gasteiger partial charge in [0.15, 0.2) is 0 Å². The molecule has 1 aromatic heterocycles. The molecule has 0 aliphatic carbocycles. The molecule has 1 heterocycles. The highest BCUT2D eigenvalue weighted by Gasteiger charge is 2.25. The fraction of sp³-hybridized carbons (Fsp3) is 0.312. The first-order valence-electron chi connectivity index (χ1n) is 7.63. The van der Waals surface area contributed by atoms with Crippen molar-refractivity contribution in [1.29, 1.82) is 0 Å². The molecule has 25 heavy (non-hydrogen) atoms. The SMILES string of the molecule is CCN(CC)S(=O)(=O)c1cc(C(=O)Nc2cc(F)cc(F)c2)n(C)c1. The second-order valence-corrected chi connectivity index (χ2v) is 7.31. The number of aromatic nitrogens is 1. The molecule has 0 radical (unpaired) electrons. The Labute approximate surface area is 145 Å². The number of benzene rings is 1. The summed E-state index contributed by atoms with van der Waals surface area (Å²) in [6.45, 7) is 4.04. The average Bonchev–Trinajstić information content (AvgIpc) is 2.90. The summed E-state index contributed by atoms with van der Waals surface area (Å²) >= 11 is 0. The number of anilines is 1. The molecule has 0 aliphatic rings. The molecule has 0 unspecified atom stereocenters. The van der Waals surface area contributed by atoms with Gasteiger partial charge >= 0.3 is 0 Å². The second kappa shape index (κ2) is 7.32. The van der Waals surface area contributed by atoms with Crippen molar-refractivity contribution in [2.75, 3.05) is 18.4 Å². The third kappa shape index (κ3) is 4.05. The topological polar surface area (TPSA) is 71.4 Å². The van der Waals surface area contributed by atoms with Gasteiger partial charge in [-0.3, -0.25) is 4.79 Å². The number of nitrogens with one attached hydrogen (secondary N) is 1. The standard InChI is InChI=1S/C16H19F2N3O3S/c1-4-21(5-2)25(23,24)14-9-15(20(3)10-14)16(22)19-13-7-11(17)6-12(18)8-13/h6-10H,4-5H2,1-3H3,(H,19,22). The molecule has 0 atom stereocenters. The number of carbonyl (C=O) groups excluding carboxylic acids is 1. The molecule has 1 aromatic carbocycles. The Bertz CT molecular complexity index is 870. The van der Waals surface area contributed by atoms with Crippen LogP contribution in [0.1, 0.15) is 24.3 Å². The van der Waals surface area contributed by atoms with Crippen molar-refractivity contribution in [2.45, 2.75) is 18.7 Å². The van der Waals surface area contributed by atoms with Crippen LogP contribution in [0.2, 0.25) is 0 Å². The summed E-state index contributed by atoms with van der Waals surface area (Å²) in [5.74, 6) is -2.33. The van der Waals surface area contributed by atoms with Gasteiger partial charge in [0.05, 0.1) is 0 Å². The molecule has 136 valence electrons.